The third kappa shape index (κ3) is 20.0. The van der Waals surface area contributed by atoms with Gasteiger partial charge in [0.1, 0.15) is 0 Å². The van der Waals surface area contributed by atoms with Crippen LogP contribution in [0.1, 0.15) is 79.5 Å². The quantitative estimate of drug-likeness (QED) is 0.0229. The zero-order valence-electron chi connectivity index (χ0n) is 41.4. The first-order chi connectivity index (χ1) is 36.2. The van der Waals surface area contributed by atoms with E-state index in [2.05, 4.69) is 72.4 Å². The Hall–Kier alpha value is -6.83. The molecule has 2 aliphatic rings. The van der Waals surface area contributed by atoms with Crippen LogP contribution in [0.25, 0.3) is 22.5 Å². The minimum absolute atomic E-state index is 0. The summed E-state index contributed by atoms with van der Waals surface area (Å²) in [5.74, 6) is 0.596. The van der Waals surface area contributed by atoms with Gasteiger partial charge in [-0.15, -0.1) is 0 Å². The molecule has 2 saturated carbocycles. The van der Waals surface area contributed by atoms with Gasteiger partial charge in [0.05, 0.1) is 33.8 Å². The number of pyridine rings is 2. The van der Waals surface area contributed by atoms with Gasteiger partial charge in [-0.1, -0.05) is 58.7 Å². The number of anilines is 4. The summed E-state index contributed by atoms with van der Waals surface area (Å²) >= 11 is 20.6. The molecule has 4 atom stereocenters. The molecule has 400 valence electrons. The first kappa shape index (κ1) is 60.0. The maximum absolute atomic E-state index is 12.9. The number of hydrogen-bond donors (Lipinski definition) is 6. The van der Waals surface area contributed by atoms with E-state index in [4.69, 9.17) is 40.5 Å². The van der Waals surface area contributed by atoms with Gasteiger partial charge >= 0.3 is 0 Å². The van der Waals surface area contributed by atoms with Crippen molar-refractivity contribution in [2.45, 2.75) is 83.0 Å². The molecule has 2 aliphatic carbocycles. The zero-order valence-corrected chi connectivity index (χ0v) is 45.3. The second-order valence-electron chi connectivity index (χ2n) is 17.8. The minimum Gasteiger partial charge on any atom is -0.399 e. The van der Waals surface area contributed by atoms with Crippen LogP contribution in [-0.4, -0.2) is 108 Å². The van der Waals surface area contributed by atoms with E-state index in [1.165, 1.54) is 12.2 Å². The van der Waals surface area contributed by atoms with Crippen molar-refractivity contribution in [2.24, 2.45) is 0 Å². The Labute approximate surface area is 467 Å². The van der Waals surface area contributed by atoms with Crippen molar-refractivity contribution in [2.75, 3.05) is 47.7 Å². The fourth-order valence-corrected chi connectivity index (χ4v) is 8.80. The minimum atomic E-state index is -0.431. The van der Waals surface area contributed by atoms with Crippen molar-refractivity contribution in [1.82, 2.24) is 45.4 Å². The molecule has 0 radical (unpaired) electrons. The number of amides is 3. The number of nitrogens with zero attached hydrogens (tertiary/aromatic N) is 7. The average Bonchev–Trinajstić information content (AvgIpc) is 3.40. The van der Waals surface area contributed by atoms with E-state index in [9.17, 15) is 19.2 Å². The molecule has 0 saturated heterocycles. The van der Waals surface area contributed by atoms with E-state index in [1.807, 2.05) is 43.3 Å². The molecule has 17 nitrogen and oxygen atoms in total. The predicted molar refractivity (Wildman–Crippen MR) is 309 cm³/mol. The van der Waals surface area contributed by atoms with Crippen molar-refractivity contribution in [3.8, 4) is 22.5 Å². The van der Waals surface area contributed by atoms with Crippen LogP contribution in [0.4, 0.5) is 23.3 Å². The predicted octanol–water partition coefficient (Wildman–Crippen LogP) is 10.7. The van der Waals surface area contributed by atoms with Crippen LogP contribution in [0.5, 0.6) is 0 Å². The Balaban J connectivity index is 0.000000251. The number of likely N-dealkylation sites (N-methyl/N-ethyl adjacent to an activating group) is 1. The summed E-state index contributed by atoms with van der Waals surface area (Å²) in [6, 6.07) is 21.7. The van der Waals surface area contributed by atoms with Gasteiger partial charge in [-0.25, -0.2) is 19.9 Å². The fourth-order valence-electron chi connectivity index (χ4n) is 8.12. The Kier molecular flexibility index (Phi) is 24.7. The molecule has 0 bridgehead atoms. The van der Waals surface area contributed by atoms with Crippen LogP contribution in [-0.2, 0) is 9.59 Å². The topological polar surface area (TPSA) is 235 Å². The maximum atomic E-state index is 12.9. The van der Waals surface area contributed by atoms with Crippen LogP contribution >= 0.6 is 50.7 Å². The van der Waals surface area contributed by atoms with Crippen LogP contribution in [0.3, 0.4) is 0 Å². The van der Waals surface area contributed by atoms with Crippen molar-refractivity contribution < 1.29 is 19.2 Å². The lowest BCUT2D eigenvalue weighted by Gasteiger charge is -2.30. The lowest BCUT2D eigenvalue weighted by Crippen LogP contribution is -2.42. The van der Waals surface area contributed by atoms with Gasteiger partial charge in [-0.2, -0.15) is 0 Å². The third-order valence-corrected chi connectivity index (χ3v) is 12.8. The highest BCUT2D eigenvalue weighted by molar-refractivity contribution is 9.09. The number of hydrogen-bond acceptors (Lipinski definition) is 14. The van der Waals surface area contributed by atoms with Gasteiger partial charge in [0.2, 0.25) is 23.0 Å². The Morgan fingerprint density at radius 2 is 1.14 bits per heavy atom. The molecule has 7 N–H and O–H groups in total. The molecule has 21 heteroatoms. The summed E-state index contributed by atoms with van der Waals surface area (Å²) in [5, 5.41) is 17.1. The molecule has 2 fully saturated rings. The van der Waals surface area contributed by atoms with Gasteiger partial charge in [-0.3, -0.25) is 29.1 Å². The Morgan fingerprint density at radius 1 is 0.671 bits per heavy atom. The standard InChI is InChI=1S/C28H32ClN7O2.C22H23ClN6O.C4H4BrClO.CH4/c1-36(2)15-5-9-25(37)32-21-12-10-19(11-13-21)27(38)33-22-7-3-8-23(16-22)34-28-31-18-24(29)26(35-28)20-6-4-14-30-17-20;23-19-13-26-22(29-20(19)15-3-2-10-25-12-15)28-18-5-1-4-17(11-18)27-21(30)14-6-8-16(24)9-7-14;5-3-1-2-4(6)7;/h4-6,9-14,17-18,22-23H,3,7-8,15-16H2,1-2H3,(H,32,37)(H,33,38)(H,31,34,35);2-3,6-10,12-13,17-18H,1,4-5,11,24H2,(H,27,30)(H,26,28,29);1-2H,3H2;1H4/b9-5+;;2-1+;/t22-,23+;17-,18+;;/m00../s1. The number of nitrogens with one attached hydrogen (secondary N) is 5. The number of carbonyl (C=O) groups excluding carboxylic acids is 4. The number of rotatable bonds is 16. The van der Waals surface area contributed by atoms with Crippen molar-refractivity contribution >= 4 is 97.0 Å². The lowest BCUT2D eigenvalue weighted by atomic mass is 9.91. The molecule has 0 spiro atoms. The second kappa shape index (κ2) is 31.3. The number of nitrogen functional groups attached to an aromatic ring is 1. The van der Waals surface area contributed by atoms with Crippen molar-refractivity contribution in [3.05, 3.63) is 155 Å². The summed E-state index contributed by atoms with van der Waals surface area (Å²) in [7, 11) is 3.87. The first-order valence-electron chi connectivity index (χ1n) is 24.2. The monoisotopic (exact) mass is 1150 g/mol. The molecule has 0 aliphatic heterocycles. The normalized spacial score (nSPS) is 16.9. The number of aromatic nitrogens is 6. The van der Waals surface area contributed by atoms with Crippen molar-refractivity contribution in [1.29, 1.82) is 0 Å². The summed E-state index contributed by atoms with van der Waals surface area (Å²) in [4.78, 5) is 75.4. The summed E-state index contributed by atoms with van der Waals surface area (Å²) in [6.07, 6.45) is 23.6. The first-order valence-corrected chi connectivity index (χ1v) is 26.5. The van der Waals surface area contributed by atoms with Crippen LogP contribution in [0, 0.1) is 0 Å². The third-order valence-electron chi connectivity index (χ3n) is 11.7. The number of nitrogens with two attached hydrogens (primary N) is 1. The highest BCUT2D eigenvalue weighted by atomic mass is 79.9. The van der Waals surface area contributed by atoms with Crippen LogP contribution < -0.4 is 32.3 Å². The van der Waals surface area contributed by atoms with Gasteiger partial charge in [0, 0.05) is 101 Å². The number of halogens is 4. The van der Waals surface area contributed by atoms with Gasteiger partial charge in [0.25, 0.3) is 11.8 Å². The van der Waals surface area contributed by atoms with Gasteiger partial charge < -0.3 is 37.2 Å². The molecule has 6 aromatic rings. The van der Waals surface area contributed by atoms with Crippen LogP contribution in [0.2, 0.25) is 10.0 Å². The zero-order chi connectivity index (χ0) is 53.5. The van der Waals surface area contributed by atoms with E-state index in [0.29, 0.717) is 67.7 Å². The van der Waals surface area contributed by atoms with Gasteiger partial charge in [-0.05, 0) is 156 Å². The van der Waals surface area contributed by atoms with Crippen LogP contribution in [0.15, 0.2) is 134 Å². The molecule has 76 heavy (non-hydrogen) atoms. The molecule has 4 aromatic heterocycles. The van der Waals surface area contributed by atoms with E-state index in [0.717, 1.165) is 62.5 Å². The molecule has 4 heterocycles. The van der Waals surface area contributed by atoms with Gasteiger partial charge in [0.15, 0.2) is 0 Å². The fraction of sp³-hybridized carbons (Fsp3) is 0.309. The molecule has 3 amide bonds. The van der Waals surface area contributed by atoms with E-state index < -0.39 is 5.24 Å². The number of alkyl halides is 1. The van der Waals surface area contributed by atoms with Crippen molar-refractivity contribution in [3.63, 3.8) is 0 Å². The number of allylic oxidation sites excluding steroid dienone is 2. The SMILES string of the molecule is C.CN(C)C/C=C/C(=O)Nc1ccc(C(=O)N[C@H]2CCC[C@@H](Nc3ncc(Cl)c(-c4cccnc4)n3)C2)cc1.Nc1ccc(C(=O)N[C@H]2CCC[C@@H](Nc3ncc(Cl)c(-c4cccnc4)n3)C2)cc1.O=C(Cl)/C=C/CBr. The second-order valence-corrected chi connectivity index (χ2v) is 19.7. The Bertz CT molecular complexity index is 2870. The molecular weight excluding hydrogens is 1090 g/mol. The highest BCUT2D eigenvalue weighted by Crippen LogP contribution is 2.29. The summed E-state index contributed by atoms with van der Waals surface area (Å²) in [5.41, 5.74) is 11.1. The Morgan fingerprint density at radius 3 is 1.57 bits per heavy atom. The summed E-state index contributed by atoms with van der Waals surface area (Å²) in [6.45, 7) is 0.684. The molecule has 2 aromatic carbocycles. The largest absolute Gasteiger partial charge is 0.399 e. The molecule has 8 rings (SSSR count). The summed E-state index contributed by atoms with van der Waals surface area (Å²) < 4.78 is 0. The van der Waals surface area contributed by atoms with E-state index in [1.54, 1.807) is 97.9 Å². The highest BCUT2D eigenvalue weighted by Gasteiger charge is 2.26. The lowest BCUT2D eigenvalue weighted by molar-refractivity contribution is -0.112. The van der Waals surface area contributed by atoms with E-state index in [-0.39, 0.29) is 49.3 Å². The maximum Gasteiger partial charge on any atom is 0.251 e. The molecule has 0 unspecified atom stereocenters. The number of carbonyl (C=O) groups is 4. The molecular formula is C55H63BrCl3N13O4. The smallest absolute Gasteiger partial charge is 0.251 e. The number of benzene rings is 2. The van der Waals surface area contributed by atoms with E-state index >= 15 is 0 Å². The average molecular weight is 1160 g/mol.